The van der Waals surface area contributed by atoms with E-state index in [0.717, 1.165) is 12.6 Å². The molecule has 0 saturated carbocycles. The normalized spacial score (nSPS) is 29.9. The van der Waals surface area contributed by atoms with Crippen LogP contribution >= 0.6 is 0 Å². The lowest BCUT2D eigenvalue weighted by Crippen LogP contribution is -2.33. The Bertz CT molecular complexity index is 464. The summed E-state index contributed by atoms with van der Waals surface area (Å²) in [6, 6.07) is 10.6. The largest absolute Gasteiger partial charge is 0.381 e. The molecule has 2 atom stereocenters. The number of benzene rings is 1. The third-order valence-corrected chi connectivity index (χ3v) is 5.52. The molecule has 0 amide bonds. The summed E-state index contributed by atoms with van der Waals surface area (Å²) in [5.74, 6) is 0. The van der Waals surface area contributed by atoms with Crippen LogP contribution < -0.4 is 5.32 Å². The minimum atomic E-state index is 0.664. The first-order valence-electron chi connectivity index (χ1n) is 8.70. The Labute approximate surface area is 128 Å². The molecule has 3 aliphatic rings. The second-order valence-electron chi connectivity index (χ2n) is 6.97. The van der Waals surface area contributed by atoms with Crippen molar-refractivity contribution in [1.82, 2.24) is 9.80 Å². The van der Waals surface area contributed by atoms with Crippen LogP contribution in [0.25, 0.3) is 0 Å². The molecule has 3 heterocycles. The number of rotatable bonds is 4. The molecule has 0 bridgehead atoms. The fourth-order valence-electron chi connectivity index (χ4n) is 4.37. The standard InChI is InChI=1S/C18H27N3/c1-2-11-20(10-1)14-15-5-7-16(8-6-15)19-17-9-13-21-12-3-4-18(17)21/h5-8,17-19H,1-4,9-14H2. The summed E-state index contributed by atoms with van der Waals surface area (Å²) in [4.78, 5) is 5.23. The van der Waals surface area contributed by atoms with Gasteiger partial charge in [-0.1, -0.05) is 12.1 Å². The third kappa shape index (κ3) is 2.95. The van der Waals surface area contributed by atoms with E-state index in [1.54, 1.807) is 0 Å². The predicted molar refractivity (Wildman–Crippen MR) is 87.6 cm³/mol. The molecule has 1 aromatic carbocycles. The lowest BCUT2D eigenvalue weighted by atomic mass is 10.1. The fourth-order valence-corrected chi connectivity index (χ4v) is 4.37. The molecule has 0 aromatic heterocycles. The van der Waals surface area contributed by atoms with E-state index in [4.69, 9.17) is 0 Å². The zero-order valence-electron chi connectivity index (χ0n) is 12.9. The average molecular weight is 285 g/mol. The maximum Gasteiger partial charge on any atom is 0.0429 e. The Morgan fingerprint density at radius 3 is 2.52 bits per heavy atom. The summed E-state index contributed by atoms with van der Waals surface area (Å²) in [5, 5.41) is 3.78. The highest BCUT2D eigenvalue weighted by Crippen LogP contribution is 2.30. The minimum absolute atomic E-state index is 0.664. The van der Waals surface area contributed by atoms with Crippen LogP contribution in [0.3, 0.4) is 0 Å². The SMILES string of the molecule is c1cc(NC2CCN3CCCC23)ccc1CN1CCCC1. The van der Waals surface area contributed by atoms with Crippen molar-refractivity contribution in [2.75, 3.05) is 31.5 Å². The van der Waals surface area contributed by atoms with Crippen LogP contribution in [0.5, 0.6) is 0 Å². The van der Waals surface area contributed by atoms with E-state index in [1.165, 1.54) is 69.5 Å². The molecule has 21 heavy (non-hydrogen) atoms. The average Bonchev–Trinajstić information content (AvgIpc) is 3.21. The Morgan fingerprint density at radius 1 is 0.905 bits per heavy atom. The maximum atomic E-state index is 3.78. The first kappa shape index (κ1) is 13.6. The van der Waals surface area contributed by atoms with Crippen molar-refractivity contribution in [2.45, 2.75) is 50.7 Å². The molecule has 1 N–H and O–H groups in total. The summed E-state index contributed by atoms with van der Waals surface area (Å²) in [7, 11) is 0. The maximum absolute atomic E-state index is 3.78. The molecular weight excluding hydrogens is 258 g/mol. The van der Waals surface area contributed by atoms with Crippen molar-refractivity contribution >= 4 is 5.69 Å². The summed E-state index contributed by atoms with van der Waals surface area (Å²) < 4.78 is 0. The van der Waals surface area contributed by atoms with Gasteiger partial charge in [0.05, 0.1) is 0 Å². The summed E-state index contributed by atoms with van der Waals surface area (Å²) in [6.07, 6.45) is 6.82. The van der Waals surface area contributed by atoms with Crippen LogP contribution in [0.2, 0.25) is 0 Å². The van der Waals surface area contributed by atoms with Crippen molar-refractivity contribution in [2.24, 2.45) is 0 Å². The Kier molecular flexibility index (Phi) is 3.87. The fraction of sp³-hybridized carbons (Fsp3) is 0.667. The van der Waals surface area contributed by atoms with Gasteiger partial charge in [-0.15, -0.1) is 0 Å². The van der Waals surface area contributed by atoms with Gasteiger partial charge in [-0.25, -0.2) is 0 Å². The van der Waals surface area contributed by atoms with E-state index in [2.05, 4.69) is 39.4 Å². The molecule has 2 unspecified atom stereocenters. The highest BCUT2D eigenvalue weighted by atomic mass is 15.2. The van der Waals surface area contributed by atoms with Crippen molar-refractivity contribution < 1.29 is 0 Å². The van der Waals surface area contributed by atoms with Crippen molar-refractivity contribution in [3.8, 4) is 0 Å². The third-order valence-electron chi connectivity index (χ3n) is 5.52. The number of anilines is 1. The zero-order chi connectivity index (χ0) is 14.1. The summed E-state index contributed by atoms with van der Waals surface area (Å²) >= 11 is 0. The van der Waals surface area contributed by atoms with Crippen LogP contribution in [0.1, 0.15) is 37.7 Å². The molecule has 0 aliphatic carbocycles. The highest BCUT2D eigenvalue weighted by Gasteiger charge is 2.36. The van der Waals surface area contributed by atoms with Gasteiger partial charge in [0.15, 0.2) is 0 Å². The molecular formula is C18H27N3. The number of hydrogen-bond donors (Lipinski definition) is 1. The molecule has 3 nitrogen and oxygen atoms in total. The number of nitrogens with one attached hydrogen (secondary N) is 1. The molecule has 3 heteroatoms. The van der Waals surface area contributed by atoms with Gasteiger partial charge in [0.25, 0.3) is 0 Å². The topological polar surface area (TPSA) is 18.5 Å². The number of nitrogens with zero attached hydrogens (tertiary/aromatic N) is 2. The highest BCUT2D eigenvalue weighted by molar-refractivity contribution is 5.46. The van der Waals surface area contributed by atoms with Crippen LogP contribution in [0.15, 0.2) is 24.3 Å². The number of hydrogen-bond acceptors (Lipinski definition) is 3. The van der Waals surface area contributed by atoms with Gasteiger partial charge in [0, 0.05) is 30.9 Å². The molecule has 3 aliphatic heterocycles. The second kappa shape index (κ2) is 5.98. The summed E-state index contributed by atoms with van der Waals surface area (Å²) in [5.41, 5.74) is 2.76. The van der Waals surface area contributed by atoms with E-state index in [-0.39, 0.29) is 0 Å². The Hall–Kier alpha value is -1.06. The van der Waals surface area contributed by atoms with Gasteiger partial charge in [-0.05, 0) is 69.4 Å². The zero-order valence-corrected chi connectivity index (χ0v) is 12.9. The second-order valence-corrected chi connectivity index (χ2v) is 6.97. The monoisotopic (exact) mass is 285 g/mol. The van der Waals surface area contributed by atoms with Crippen LogP contribution in [0.4, 0.5) is 5.69 Å². The predicted octanol–water partition coefficient (Wildman–Crippen LogP) is 2.93. The lowest BCUT2D eigenvalue weighted by molar-refractivity contribution is 0.318. The van der Waals surface area contributed by atoms with Crippen LogP contribution in [-0.4, -0.2) is 48.1 Å². The quantitative estimate of drug-likeness (QED) is 0.917. The molecule has 114 valence electrons. The molecule has 3 saturated heterocycles. The first-order valence-corrected chi connectivity index (χ1v) is 8.70. The number of likely N-dealkylation sites (tertiary alicyclic amines) is 1. The van der Waals surface area contributed by atoms with Gasteiger partial charge in [-0.2, -0.15) is 0 Å². The van der Waals surface area contributed by atoms with Gasteiger partial charge in [-0.3, -0.25) is 9.80 Å². The lowest BCUT2D eigenvalue weighted by Gasteiger charge is -2.22. The smallest absolute Gasteiger partial charge is 0.0429 e. The van der Waals surface area contributed by atoms with Crippen molar-refractivity contribution in [1.29, 1.82) is 0 Å². The van der Waals surface area contributed by atoms with Gasteiger partial charge < -0.3 is 5.32 Å². The van der Waals surface area contributed by atoms with Crippen molar-refractivity contribution in [3.63, 3.8) is 0 Å². The Balaban J connectivity index is 1.35. The van der Waals surface area contributed by atoms with E-state index in [9.17, 15) is 0 Å². The number of fused-ring (bicyclic) bond motifs is 1. The molecule has 3 fully saturated rings. The molecule has 1 aromatic rings. The van der Waals surface area contributed by atoms with E-state index >= 15 is 0 Å². The van der Waals surface area contributed by atoms with Gasteiger partial charge in [0.1, 0.15) is 0 Å². The Morgan fingerprint density at radius 2 is 1.71 bits per heavy atom. The van der Waals surface area contributed by atoms with Gasteiger partial charge in [0.2, 0.25) is 0 Å². The molecule has 0 spiro atoms. The van der Waals surface area contributed by atoms with E-state index < -0.39 is 0 Å². The van der Waals surface area contributed by atoms with Crippen molar-refractivity contribution in [3.05, 3.63) is 29.8 Å². The van der Waals surface area contributed by atoms with E-state index in [0.29, 0.717) is 6.04 Å². The summed E-state index contributed by atoms with van der Waals surface area (Å²) in [6.45, 7) is 6.28. The first-order chi connectivity index (χ1) is 10.4. The van der Waals surface area contributed by atoms with Crippen LogP contribution in [-0.2, 0) is 6.54 Å². The molecule has 4 rings (SSSR count). The van der Waals surface area contributed by atoms with Crippen LogP contribution in [0, 0.1) is 0 Å². The van der Waals surface area contributed by atoms with Gasteiger partial charge >= 0.3 is 0 Å². The van der Waals surface area contributed by atoms with E-state index in [1.807, 2.05) is 0 Å². The minimum Gasteiger partial charge on any atom is -0.381 e. The molecule has 0 radical (unpaired) electrons.